The van der Waals surface area contributed by atoms with Gasteiger partial charge < -0.3 is 9.47 Å². The molecule has 1 fully saturated rings. The third-order valence-electron chi connectivity index (χ3n) is 5.17. The van der Waals surface area contributed by atoms with Crippen molar-refractivity contribution in [3.63, 3.8) is 0 Å². The van der Waals surface area contributed by atoms with E-state index in [0.29, 0.717) is 22.4 Å². The lowest BCUT2D eigenvalue weighted by atomic mass is 10.1. The number of urea groups is 1. The smallest absolute Gasteiger partial charge is 0.343 e. The molecule has 8 heteroatoms. The lowest BCUT2D eigenvalue weighted by molar-refractivity contribution is -0.122. The van der Waals surface area contributed by atoms with Crippen LogP contribution < -0.4 is 19.7 Å². The van der Waals surface area contributed by atoms with Crippen LogP contribution in [0.3, 0.4) is 0 Å². The molecule has 0 bridgehead atoms. The molecule has 1 heterocycles. The first-order chi connectivity index (χ1) is 16.4. The summed E-state index contributed by atoms with van der Waals surface area (Å²) in [6, 6.07) is 19.1. The number of carbonyl (C=O) groups excluding carboxylic acids is 4. The average molecular weight is 456 g/mol. The molecular weight excluding hydrogens is 436 g/mol. The molecule has 3 aromatic carbocycles. The Morgan fingerprint density at radius 2 is 1.62 bits per heavy atom. The number of esters is 1. The fraction of sp³-hybridized carbons (Fsp3) is 0.0769. The third-order valence-corrected chi connectivity index (χ3v) is 5.17. The van der Waals surface area contributed by atoms with Crippen LogP contribution in [-0.2, 0) is 9.59 Å². The van der Waals surface area contributed by atoms with Gasteiger partial charge in [-0.2, -0.15) is 0 Å². The van der Waals surface area contributed by atoms with Crippen molar-refractivity contribution < 1.29 is 28.7 Å². The molecule has 0 saturated carbocycles. The summed E-state index contributed by atoms with van der Waals surface area (Å²) in [6.45, 7) is 1.76. The Labute approximate surface area is 195 Å². The van der Waals surface area contributed by atoms with Crippen LogP contribution in [0.25, 0.3) is 6.08 Å². The van der Waals surface area contributed by atoms with Gasteiger partial charge in [-0.15, -0.1) is 0 Å². The second-order valence-corrected chi connectivity index (χ2v) is 7.41. The van der Waals surface area contributed by atoms with Crippen molar-refractivity contribution in [2.24, 2.45) is 0 Å². The molecule has 0 unspecified atom stereocenters. The van der Waals surface area contributed by atoms with E-state index in [2.05, 4.69) is 5.32 Å². The molecule has 3 aromatic rings. The van der Waals surface area contributed by atoms with Crippen LogP contribution in [-0.4, -0.2) is 30.9 Å². The number of ether oxygens (including phenoxy) is 2. The highest BCUT2D eigenvalue weighted by Crippen LogP contribution is 2.31. The summed E-state index contributed by atoms with van der Waals surface area (Å²) in [5, 5.41) is 2.20. The fourth-order valence-electron chi connectivity index (χ4n) is 3.45. The molecule has 4 amide bonds. The number of amides is 4. The quantitative estimate of drug-likeness (QED) is 0.271. The SMILES string of the molecule is COc1cc(/C=C2\C(=O)NC(=O)N(c3ccccc3C)C2=O)ccc1OC(=O)c1ccccc1. The summed E-state index contributed by atoms with van der Waals surface area (Å²) in [5.41, 5.74) is 1.67. The van der Waals surface area contributed by atoms with Gasteiger partial charge in [0, 0.05) is 0 Å². The van der Waals surface area contributed by atoms with Gasteiger partial charge in [-0.3, -0.25) is 14.9 Å². The van der Waals surface area contributed by atoms with E-state index in [4.69, 9.17) is 9.47 Å². The van der Waals surface area contributed by atoms with Crippen molar-refractivity contribution in [3.8, 4) is 11.5 Å². The largest absolute Gasteiger partial charge is 0.493 e. The van der Waals surface area contributed by atoms with Crippen molar-refractivity contribution >= 4 is 35.6 Å². The average Bonchev–Trinajstić information content (AvgIpc) is 2.84. The van der Waals surface area contributed by atoms with Gasteiger partial charge in [-0.25, -0.2) is 14.5 Å². The Morgan fingerprint density at radius 3 is 2.32 bits per heavy atom. The van der Waals surface area contributed by atoms with Crippen LogP contribution >= 0.6 is 0 Å². The number of aryl methyl sites for hydroxylation is 1. The number of barbiturate groups is 1. The zero-order chi connectivity index (χ0) is 24.2. The molecule has 0 atom stereocenters. The fourth-order valence-corrected chi connectivity index (χ4v) is 3.45. The molecule has 0 radical (unpaired) electrons. The molecule has 170 valence electrons. The molecule has 0 aromatic heterocycles. The second kappa shape index (κ2) is 9.41. The maximum atomic E-state index is 13.1. The van der Waals surface area contributed by atoms with E-state index in [0.717, 1.165) is 4.90 Å². The van der Waals surface area contributed by atoms with Crippen LogP contribution in [0.2, 0.25) is 0 Å². The number of nitrogens with zero attached hydrogens (tertiary/aromatic N) is 1. The van der Waals surface area contributed by atoms with Gasteiger partial charge >= 0.3 is 12.0 Å². The van der Waals surface area contributed by atoms with Crippen molar-refractivity contribution in [2.75, 3.05) is 12.0 Å². The van der Waals surface area contributed by atoms with Crippen LogP contribution in [0.4, 0.5) is 10.5 Å². The van der Waals surface area contributed by atoms with E-state index in [9.17, 15) is 19.2 Å². The Kier molecular flexibility index (Phi) is 6.22. The normalized spacial score (nSPS) is 14.7. The number of rotatable bonds is 5. The van der Waals surface area contributed by atoms with Gasteiger partial charge in [0.25, 0.3) is 11.8 Å². The maximum absolute atomic E-state index is 13.1. The topological polar surface area (TPSA) is 102 Å². The highest BCUT2D eigenvalue weighted by Gasteiger charge is 2.37. The third kappa shape index (κ3) is 4.42. The molecule has 1 N–H and O–H groups in total. The standard InChI is InChI=1S/C26H20N2O6/c1-16-8-6-7-11-20(16)28-24(30)19(23(29)27-26(28)32)14-17-12-13-21(22(15-17)33-2)34-25(31)18-9-4-3-5-10-18/h3-15H,1-2H3,(H,27,29,32)/b19-14+. The number of anilines is 1. The van der Waals surface area contributed by atoms with Gasteiger partial charge in [0.1, 0.15) is 5.57 Å². The lowest BCUT2D eigenvalue weighted by Crippen LogP contribution is -2.54. The first-order valence-corrected chi connectivity index (χ1v) is 10.3. The van der Waals surface area contributed by atoms with Crippen molar-refractivity contribution in [2.45, 2.75) is 6.92 Å². The van der Waals surface area contributed by atoms with E-state index in [1.807, 2.05) is 0 Å². The minimum Gasteiger partial charge on any atom is -0.493 e. The number of nitrogens with one attached hydrogen (secondary N) is 1. The van der Waals surface area contributed by atoms with Gasteiger partial charge in [-0.1, -0.05) is 42.5 Å². The van der Waals surface area contributed by atoms with Crippen LogP contribution in [0.1, 0.15) is 21.5 Å². The van der Waals surface area contributed by atoms with Crippen molar-refractivity contribution in [1.29, 1.82) is 0 Å². The predicted octanol–water partition coefficient (Wildman–Crippen LogP) is 3.89. The maximum Gasteiger partial charge on any atom is 0.343 e. The van der Waals surface area contributed by atoms with E-state index < -0.39 is 23.8 Å². The number of methoxy groups -OCH3 is 1. The van der Waals surface area contributed by atoms with Gasteiger partial charge in [0.15, 0.2) is 11.5 Å². The summed E-state index contributed by atoms with van der Waals surface area (Å²) < 4.78 is 10.8. The second-order valence-electron chi connectivity index (χ2n) is 7.41. The number of hydrogen-bond donors (Lipinski definition) is 1. The summed E-state index contributed by atoms with van der Waals surface area (Å²) in [4.78, 5) is 51.3. The summed E-state index contributed by atoms with van der Waals surface area (Å²) in [5.74, 6) is -1.71. The van der Waals surface area contributed by atoms with E-state index in [-0.39, 0.29) is 17.1 Å². The lowest BCUT2D eigenvalue weighted by Gasteiger charge is -2.27. The monoisotopic (exact) mass is 456 g/mol. The van der Waals surface area contributed by atoms with E-state index in [1.165, 1.54) is 25.3 Å². The zero-order valence-corrected chi connectivity index (χ0v) is 18.4. The Bertz CT molecular complexity index is 1330. The molecule has 0 spiro atoms. The summed E-state index contributed by atoms with van der Waals surface area (Å²) in [6.07, 6.45) is 1.35. The highest BCUT2D eigenvalue weighted by atomic mass is 16.6. The Hall–Kier alpha value is -4.72. The molecule has 1 aliphatic heterocycles. The number of benzene rings is 3. The zero-order valence-electron chi connectivity index (χ0n) is 18.4. The Balaban J connectivity index is 1.64. The molecule has 0 aliphatic carbocycles. The number of hydrogen-bond acceptors (Lipinski definition) is 6. The minimum absolute atomic E-state index is 0.176. The van der Waals surface area contributed by atoms with Crippen LogP contribution in [0, 0.1) is 6.92 Å². The number of carbonyl (C=O) groups is 4. The first kappa shape index (κ1) is 22.5. The molecule has 4 rings (SSSR count). The minimum atomic E-state index is -0.817. The van der Waals surface area contributed by atoms with E-state index in [1.54, 1.807) is 67.6 Å². The molecule has 8 nitrogen and oxygen atoms in total. The number of imide groups is 2. The molecular formula is C26H20N2O6. The van der Waals surface area contributed by atoms with Crippen LogP contribution in [0.5, 0.6) is 11.5 Å². The predicted molar refractivity (Wildman–Crippen MR) is 125 cm³/mol. The van der Waals surface area contributed by atoms with Crippen molar-refractivity contribution in [3.05, 3.63) is 95.1 Å². The first-order valence-electron chi connectivity index (χ1n) is 10.3. The molecule has 34 heavy (non-hydrogen) atoms. The van der Waals surface area contributed by atoms with Gasteiger partial charge in [0.2, 0.25) is 0 Å². The molecule has 1 aliphatic rings. The highest BCUT2D eigenvalue weighted by molar-refractivity contribution is 6.39. The summed E-state index contributed by atoms with van der Waals surface area (Å²) in [7, 11) is 1.41. The summed E-state index contributed by atoms with van der Waals surface area (Å²) >= 11 is 0. The van der Waals surface area contributed by atoms with Gasteiger partial charge in [-0.05, 0) is 54.5 Å². The number of para-hydroxylation sites is 1. The Morgan fingerprint density at radius 1 is 0.912 bits per heavy atom. The van der Waals surface area contributed by atoms with Crippen molar-refractivity contribution in [1.82, 2.24) is 5.32 Å². The van der Waals surface area contributed by atoms with E-state index >= 15 is 0 Å². The van der Waals surface area contributed by atoms with Gasteiger partial charge in [0.05, 0.1) is 18.4 Å². The van der Waals surface area contributed by atoms with Crippen LogP contribution in [0.15, 0.2) is 78.4 Å². The molecule has 1 saturated heterocycles.